The van der Waals surface area contributed by atoms with E-state index in [1.54, 1.807) is 0 Å². The molecule has 2 rings (SSSR count). The molecule has 0 aliphatic carbocycles. The number of methoxy groups -OCH3 is 2. The molecule has 2 amide bonds. The molecule has 2 N–H and O–H groups in total. The van der Waals surface area contributed by atoms with Gasteiger partial charge in [0.05, 0.1) is 36.7 Å². The van der Waals surface area contributed by atoms with Crippen molar-refractivity contribution >= 4 is 23.2 Å². The molecule has 12 heteroatoms. The van der Waals surface area contributed by atoms with E-state index < -0.39 is 40.7 Å². The van der Waals surface area contributed by atoms with Crippen LogP contribution in [0.15, 0.2) is 36.4 Å². The Hall–Kier alpha value is -3.44. The maximum atomic E-state index is 13.2. The molecule has 2 aromatic carbocycles. The topological polar surface area (TPSA) is 76.7 Å². The number of hydrogen-bond donors (Lipinski definition) is 2. The van der Waals surface area contributed by atoms with Crippen LogP contribution in [0.5, 0.6) is 11.5 Å². The Morgan fingerprint density at radius 1 is 0.714 bits per heavy atom. The number of hydrogen-bond acceptors (Lipinski definition) is 4. The van der Waals surface area contributed by atoms with Crippen LogP contribution in [0.2, 0.25) is 0 Å². The van der Waals surface area contributed by atoms with Crippen LogP contribution in [0.3, 0.4) is 0 Å². The highest BCUT2D eigenvalue weighted by molar-refractivity contribution is 6.15. The van der Waals surface area contributed by atoms with Crippen LogP contribution in [0.25, 0.3) is 0 Å². The first-order valence-corrected chi connectivity index (χ1v) is 10.4. The zero-order chi connectivity index (χ0) is 26.6. The molecule has 0 unspecified atom stereocenters. The summed E-state index contributed by atoms with van der Waals surface area (Å²) in [5.74, 6) is -2.06. The molecule has 192 valence electrons. The van der Waals surface area contributed by atoms with Crippen molar-refractivity contribution in [2.75, 3.05) is 24.9 Å². The SMILES string of the molecule is CCC(CC)(C(=O)Nc1cc(C(F)(F)F)ccc1OC)C(=O)Nc1cc(C(F)(F)F)ccc1OC. The quantitative estimate of drug-likeness (QED) is 0.334. The molecule has 0 atom stereocenters. The molecule has 0 bridgehead atoms. The standard InChI is InChI=1S/C23H24F6N2O4/c1-5-21(6-2,19(32)30-15-11-13(22(24,25)26)7-9-17(15)34-3)20(33)31-16-12-14(23(27,28)29)8-10-18(16)35-4/h7-12H,5-6H2,1-4H3,(H,30,32)(H,31,33). The fourth-order valence-corrected chi connectivity index (χ4v) is 3.44. The first-order chi connectivity index (χ1) is 16.2. The normalized spacial score (nSPS) is 12.2. The summed E-state index contributed by atoms with van der Waals surface area (Å²) in [6.45, 7) is 2.99. The largest absolute Gasteiger partial charge is 0.495 e. The van der Waals surface area contributed by atoms with Crippen LogP contribution >= 0.6 is 0 Å². The number of anilines is 2. The van der Waals surface area contributed by atoms with Gasteiger partial charge in [-0.2, -0.15) is 26.3 Å². The molecule has 0 aromatic heterocycles. The van der Waals surface area contributed by atoms with Crippen molar-refractivity contribution in [1.29, 1.82) is 0 Å². The second-order valence-corrected chi connectivity index (χ2v) is 7.52. The summed E-state index contributed by atoms with van der Waals surface area (Å²) >= 11 is 0. The molecule has 0 saturated heterocycles. The molecule has 0 fully saturated rings. The van der Waals surface area contributed by atoms with Crippen LogP contribution in [-0.2, 0) is 21.9 Å². The molecule has 0 radical (unpaired) electrons. The van der Waals surface area contributed by atoms with Crippen LogP contribution in [0.4, 0.5) is 37.7 Å². The lowest BCUT2D eigenvalue weighted by Crippen LogP contribution is -2.45. The maximum absolute atomic E-state index is 13.2. The van der Waals surface area contributed by atoms with Crippen molar-refractivity contribution in [2.45, 2.75) is 39.0 Å². The van der Waals surface area contributed by atoms with Crippen molar-refractivity contribution in [3.63, 3.8) is 0 Å². The van der Waals surface area contributed by atoms with Gasteiger partial charge in [-0.1, -0.05) is 13.8 Å². The number of alkyl halides is 6. The number of rotatable bonds is 8. The van der Waals surface area contributed by atoms with Gasteiger partial charge in [0, 0.05) is 0 Å². The summed E-state index contributed by atoms with van der Waals surface area (Å²) in [5, 5.41) is 4.62. The van der Waals surface area contributed by atoms with Gasteiger partial charge >= 0.3 is 12.4 Å². The van der Waals surface area contributed by atoms with Crippen molar-refractivity contribution in [3.05, 3.63) is 47.5 Å². The number of nitrogens with one attached hydrogen (secondary N) is 2. The highest BCUT2D eigenvalue weighted by atomic mass is 19.4. The van der Waals surface area contributed by atoms with Gasteiger partial charge in [-0.05, 0) is 49.2 Å². The van der Waals surface area contributed by atoms with Crippen LogP contribution < -0.4 is 20.1 Å². The lowest BCUT2D eigenvalue weighted by molar-refractivity contribution is -0.139. The highest BCUT2D eigenvalue weighted by Gasteiger charge is 2.44. The Labute approximate surface area is 197 Å². The van der Waals surface area contributed by atoms with E-state index in [-0.39, 0.29) is 35.7 Å². The third kappa shape index (κ3) is 5.98. The van der Waals surface area contributed by atoms with E-state index in [2.05, 4.69) is 10.6 Å². The average Bonchev–Trinajstić information content (AvgIpc) is 2.79. The number of halogens is 6. The summed E-state index contributed by atoms with van der Waals surface area (Å²) in [6.07, 6.45) is -9.61. The fourth-order valence-electron chi connectivity index (χ4n) is 3.44. The van der Waals surface area contributed by atoms with E-state index in [4.69, 9.17) is 9.47 Å². The predicted molar refractivity (Wildman–Crippen MR) is 116 cm³/mol. The van der Waals surface area contributed by atoms with Crippen molar-refractivity contribution in [1.82, 2.24) is 0 Å². The summed E-state index contributed by atoms with van der Waals surface area (Å²) < 4.78 is 89.0. The third-order valence-electron chi connectivity index (χ3n) is 5.63. The van der Waals surface area contributed by atoms with Gasteiger partial charge in [0.2, 0.25) is 11.8 Å². The Morgan fingerprint density at radius 2 is 1.06 bits per heavy atom. The second kappa shape index (κ2) is 10.4. The maximum Gasteiger partial charge on any atom is 0.416 e. The van der Waals surface area contributed by atoms with Crippen LogP contribution in [0, 0.1) is 5.41 Å². The minimum Gasteiger partial charge on any atom is -0.495 e. The lowest BCUT2D eigenvalue weighted by Gasteiger charge is -2.29. The summed E-state index contributed by atoms with van der Waals surface area (Å²) in [7, 11) is 2.38. The smallest absolute Gasteiger partial charge is 0.416 e. The molecule has 2 aromatic rings. The lowest BCUT2D eigenvalue weighted by atomic mass is 9.80. The van der Waals surface area contributed by atoms with Gasteiger partial charge in [-0.3, -0.25) is 9.59 Å². The Kier molecular flexibility index (Phi) is 8.30. The predicted octanol–water partition coefficient (Wildman–Crippen LogP) is 6.13. The third-order valence-corrected chi connectivity index (χ3v) is 5.63. The average molecular weight is 506 g/mol. The number of carbonyl (C=O) groups is 2. The van der Waals surface area contributed by atoms with E-state index in [0.717, 1.165) is 24.3 Å². The molecular weight excluding hydrogens is 482 g/mol. The summed E-state index contributed by atoms with van der Waals surface area (Å²) in [6, 6.07) is 4.92. The minimum absolute atomic E-state index is 0.0765. The summed E-state index contributed by atoms with van der Waals surface area (Å²) in [4.78, 5) is 26.4. The van der Waals surface area contributed by atoms with Crippen molar-refractivity contribution in [3.8, 4) is 11.5 Å². The summed E-state index contributed by atoms with van der Waals surface area (Å²) in [5.41, 5.74) is -4.57. The first kappa shape index (κ1) is 27.8. The van der Waals surface area contributed by atoms with Crippen LogP contribution in [0.1, 0.15) is 37.8 Å². The second-order valence-electron chi connectivity index (χ2n) is 7.52. The Bertz CT molecular complexity index is 997. The fraction of sp³-hybridized carbons (Fsp3) is 0.391. The molecule has 6 nitrogen and oxygen atoms in total. The molecule has 0 saturated carbocycles. The van der Waals surface area contributed by atoms with Gasteiger partial charge in [-0.15, -0.1) is 0 Å². The van der Waals surface area contributed by atoms with Gasteiger partial charge < -0.3 is 20.1 Å². The Balaban J connectivity index is 2.45. The van der Waals surface area contributed by atoms with Gasteiger partial charge in [0.1, 0.15) is 16.9 Å². The molecule has 0 heterocycles. The van der Waals surface area contributed by atoms with Crippen LogP contribution in [-0.4, -0.2) is 26.0 Å². The monoisotopic (exact) mass is 506 g/mol. The number of benzene rings is 2. The van der Waals surface area contributed by atoms with E-state index in [1.807, 2.05) is 0 Å². The zero-order valence-electron chi connectivity index (χ0n) is 19.3. The Morgan fingerprint density at radius 3 is 1.31 bits per heavy atom. The van der Waals surface area contributed by atoms with E-state index in [1.165, 1.54) is 28.1 Å². The van der Waals surface area contributed by atoms with Gasteiger partial charge in [-0.25, -0.2) is 0 Å². The molecule has 0 aliphatic heterocycles. The molecular formula is C23H24F6N2O4. The zero-order valence-corrected chi connectivity index (χ0v) is 19.3. The van der Waals surface area contributed by atoms with Crippen molar-refractivity contribution in [2.24, 2.45) is 5.41 Å². The molecule has 35 heavy (non-hydrogen) atoms. The van der Waals surface area contributed by atoms with Crippen molar-refractivity contribution < 1.29 is 45.4 Å². The number of ether oxygens (including phenoxy) is 2. The number of carbonyl (C=O) groups excluding carboxylic acids is 2. The minimum atomic E-state index is -4.70. The highest BCUT2D eigenvalue weighted by Crippen LogP contribution is 2.39. The van der Waals surface area contributed by atoms with Gasteiger partial charge in [0.25, 0.3) is 0 Å². The van der Waals surface area contributed by atoms with E-state index >= 15 is 0 Å². The molecule has 0 aliphatic rings. The van der Waals surface area contributed by atoms with Gasteiger partial charge in [0.15, 0.2) is 0 Å². The molecule has 0 spiro atoms. The number of amides is 2. The van der Waals surface area contributed by atoms with E-state index in [0.29, 0.717) is 12.1 Å². The van der Waals surface area contributed by atoms with E-state index in [9.17, 15) is 35.9 Å². The first-order valence-electron chi connectivity index (χ1n) is 10.4.